The summed E-state index contributed by atoms with van der Waals surface area (Å²) >= 11 is 17.2. The van der Waals surface area contributed by atoms with Gasteiger partial charge in [-0.3, -0.25) is 14.9 Å². The number of rotatable bonds is 6. The Bertz CT molecular complexity index is 1140. The van der Waals surface area contributed by atoms with Gasteiger partial charge in [-0.15, -0.1) is 0 Å². The first-order chi connectivity index (χ1) is 15.3. The highest BCUT2D eigenvalue weighted by molar-refractivity contribution is 7.80. The molecule has 9 heteroatoms. The van der Waals surface area contributed by atoms with Crippen LogP contribution in [0.1, 0.15) is 17.3 Å². The Labute approximate surface area is 200 Å². The minimum atomic E-state index is -0.857. The molecule has 3 N–H and O–H groups in total. The van der Waals surface area contributed by atoms with E-state index in [1.54, 1.807) is 67.6 Å². The average Bonchev–Trinajstić information content (AvgIpc) is 2.76. The maximum Gasteiger partial charge on any atom is 0.266 e. The SMILES string of the molecule is CC(Oc1ccc(Cl)cc1Cl)C(=O)NC(=S)Nc1cccc(NC(=O)c2ccccc2)c1. The minimum Gasteiger partial charge on any atom is -0.479 e. The van der Waals surface area contributed by atoms with Crippen LogP contribution in [0, 0.1) is 0 Å². The quantitative estimate of drug-likeness (QED) is 0.398. The molecule has 1 atom stereocenters. The van der Waals surface area contributed by atoms with Crippen LogP contribution in [0.2, 0.25) is 10.0 Å². The van der Waals surface area contributed by atoms with Gasteiger partial charge >= 0.3 is 0 Å². The molecule has 0 aliphatic heterocycles. The average molecular weight is 488 g/mol. The summed E-state index contributed by atoms with van der Waals surface area (Å²) in [6.45, 7) is 1.57. The van der Waals surface area contributed by atoms with Crippen molar-refractivity contribution in [1.82, 2.24) is 5.32 Å². The van der Waals surface area contributed by atoms with Crippen LogP contribution < -0.4 is 20.7 Å². The minimum absolute atomic E-state index is 0.0826. The van der Waals surface area contributed by atoms with E-state index in [9.17, 15) is 9.59 Å². The van der Waals surface area contributed by atoms with E-state index in [1.807, 2.05) is 6.07 Å². The maximum absolute atomic E-state index is 12.4. The first-order valence-corrected chi connectivity index (χ1v) is 10.7. The number of ether oxygens (including phenoxy) is 1. The second kappa shape index (κ2) is 10.9. The van der Waals surface area contributed by atoms with Gasteiger partial charge in [-0.05, 0) is 67.7 Å². The molecular formula is C23H19Cl2N3O3S. The van der Waals surface area contributed by atoms with E-state index < -0.39 is 12.0 Å². The second-order valence-corrected chi connectivity index (χ2v) is 7.93. The Morgan fingerprint density at radius 3 is 2.28 bits per heavy atom. The molecule has 0 spiro atoms. The van der Waals surface area contributed by atoms with Crippen molar-refractivity contribution < 1.29 is 14.3 Å². The Morgan fingerprint density at radius 2 is 1.59 bits per heavy atom. The van der Waals surface area contributed by atoms with Crippen LogP contribution in [0.15, 0.2) is 72.8 Å². The van der Waals surface area contributed by atoms with Crippen molar-refractivity contribution in [2.75, 3.05) is 10.6 Å². The fraction of sp³-hybridized carbons (Fsp3) is 0.0870. The molecule has 1 unspecified atom stereocenters. The summed E-state index contributed by atoms with van der Waals surface area (Å²) in [4.78, 5) is 24.7. The molecule has 0 heterocycles. The zero-order valence-corrected chi connectivity index (χ0v) is 19.2. The lowest BCUT2D eigenvalue weighted by molar-refractivity contribution is -0.125. The zero-order valence-electron chi connectivity index (χ0n) is 16.9. The lowest BCUT2D eigenvalue weighted by atomic mass is 10.2. The highest BCUT2D eigenvalue weighted by Crippen LogP contribution is 2.28. The van der Waals surface area contributed by atoms with Gasteiger partial charge in [-0.25, -0.2) is 0 Å². The second-order valence-electron chi connectivity index (χ2n) is 6.68. The van der Waals surface area contributed by atoms with Gasteiger partial charge in [-0.2, -0.15) is 0 Å². The predicted molar refractivity (Wildman–Crippen MR) is 132 cm³/mol. The topological polar surface area (TPSA) is 79.5 Å². The summed E-state index contributed by atoms with van der Waals surface area (Å²) in [5.41, 5.74) is 1.71. The monoisotopic (exact) mass is 487 g/mol. The molecule has 0 radical (unpaired) electrons. The summed E-state index contributed by atoms with van der Waals surface area (Å²) in [7, 11) is 0. The fourth-order valence-corrected chi connectivity index (χ4v) is 3.33. The van der Waals surface area contributed by atoms with Crippen molar-refractivity contribution in [3.63, 3.8) is 0 Å². The maximum atomic E-state index is 12.4. The van der Waals surface area contributed by atoms with Gasteiger partial charge in [0.2, 0.25) is 0 Å². The molecule has 0 fully saturated rings. The molecule has 0 aromatic heterocycles. The molecule has 0 bridgehead atoms. The van der Waals surface area contributed by atoms with Gasteiger partial charge in [0.15, 0.2) is 11.2 Å². The summed E-state index contributed by atoms with van der Waals surface area (Å²) in [6.07, 6.45) is -0.857. The summed E-state index contributed by atoms with van der Waals surface area (Å²) < 4.78 is 5.58. The number of halogens is 2. The smallest absolute Gasteiger partial charge is 0.266 e. The Balaban J connectivity index is 1.55. The van der Waals surface area contributed by atoms with Crippen LogP contribution >= 0.6 is 35.4 Å². The van der Waals surface area contributed by atoms with E-state index in [0.29, 0.717) is 32.7 Å². The lowest BCUT2D eigenvalue weighted by Crippen LogP contribution is -2.42. The highest BCUT2D eigenvalue weighted by Gasteiger charge is 2.17. The number of carbonyl (C=O) groups is 2. The van der Waals surface area contributed by atoms with Crippen molar-refractivity contribution in [3.05, 3.63) is 88.4 Å². The molecule has 0 saturated carbocycles. The number of nitrogens with one attached hydrogen (secondary N) is 3. The van der Waals surface area contributed by atoms with Crippen LogP contribution in [0.5, 0.6) is 5.75 Å². The number of thiocarbonyl (C=S) groups is 1. The predicted octanol–water partition coefficient (Wildman–Crippen LogP) is 5.53. The van der Waals surface area contributed by atoms with Crippen LogP contribution in [0.25, 0.3) is 0 Å². The molecule has 3 aromatic carbocycles. The third kappa shape index (κ3) is 6.68. The molecule has 0 aliphatic carbocycles. The van der Waals surface area contributed by atoms with Crippen LogP contribution in [0.3, 0.4) is 0 Å². The van der Waals surface area contributed by atoms with Crippen LogP contribution in [-0.4, -0.2) is 23.0 Å². The first-order valence-electron chi connectivity index (χ1n) is 9.52. The largest absolute Gasteiger partial charge is 0.479 e. The van der Waals surface area contributed by atoms with Gasteiger partial charge in [0.25, 0.3) is 11.8 Å². The molecule has 3 aromatic rings. The summed E-state index contributed by atoms with van der Waals surface area (Å²) in [6, 6.07) is 20.6. The summed E-state index contributed by atoms with van der Waals surface area (Å²) in [5, 5.41) is 9.14. The van der Waals surface area contributed by atoms with E-state index in [1.165, 1.54) is 6.07 Å². The third-order valence-corrected chi connectivity index (χ3v) is 4.95. The number of hydrogen-bond donors (Lipinski definition) is 3. The van der Waals surface area contributed by atoms with E-state index >= 15 is 0 Å². The first kappa shape index (κ1) is 23.5. The van der Waals surface area contributed by atoms with Crippen molar-refractivity contribution in [3.8, 4) is 5.75 Å². The third-order valence-electron chi connectivity index (χ3n) is 4.22. The van der Waals surface area contributed by atoms with Gasteiger partial charge in [-0.1, -0.05) is 47.5 Å². The van der Waals surface area contributed by atoms with E-state index in [-0.39, 0.29) is 11.0 Å². The van der Waals surface area contributed by atoms with E-state index in [4.69, 9.17) is 40.2 Å². The Morgan fingerprint density at radius 1 is 0.906 bits per heavy atom. The molecular weight excluding hydrogens is 469 g/mol. The molecule has 2 amide bonds. The van der Waals surface area contributed by atoms with Crippen molar-refractivity contribution in [2.24, 2.45) is 0 Å². The number of anilines is 2. The van der Waals surface area contributed by atoms with Crippen molar-refractivity contribution in [2.45, 2.75) is 13.0 Å². The number of benzene rings is 3. The van der Waals surface area contributed by atoms with Gasteiger partial charge in [0, 0.05) is 22.0 Å². The lowest BCUT2D eigenvalue weighted by Gasteiger charge is -2.17. The number of hydrogen-bond acceptors (Lipinski definition) is 4. The zero-order chi connectivity index (χ0) is 23.1. The molecule has 6 nitrogen and oxygen atoms in total. The summed E-state index contributed by atoms with van der Waals surface area (Å²) in [5.74, 6) is -0.355. The molecule has 0 aliphatic rings. The fourth-order valence-electron chi connectivity index (χ4n) is 2.66. The number of amides is 2. The molecule has 3 rings (SSSR count). The Kier molecular flexibility index (Phi) is 8.05. The van der Waals surface area contributed by atoms with Gasteiger partial charge in [0.05, 0.1) is 5.02 Å². The Hall–Kier alpha value is -3.13. The standard InChI is InChI=1S/C23H19Cl2N3O3S/c1-14(31-20-11-10-16(24)12-19(20)25)21(29)28-23(32)27-18-9-5-8-17(13-18)26-22(30)15-6-3-2-4-7-15/h2-14H,1H3,(H,26,30)(H2,27,28,29,32). The molecule has 32 heavy (non-hydrogen) atoms. The van der Waals surface area contributed by atoms with Crippen LogP contribution in [-0.2, 0) is 4.79 Å². The molecule has 0 saturated heterocycles. The highest BCUT2D eigenvalue weighted by atomic mass is 35.5. The van der Waals surface area contributed by atoms with Gasteiger partial charge < -0.3 is 15.4 Å². The van der Waals surface area contributed by atoms with Gasteiger partial charge in [0.1, 0.15) is 5.75 Å². The van der Waals surface area contributed by atoms with Crippen molar-refractivity contribution in [1.29, 1.82) is 0 Å². The van der Waals surface area contributed by atoms with Crippen LogP contribution in [0.4, 0.5) is 11.4 Å². The van der Waals surface area contributed by atoms with E-state index in [0.717, 1.165) is 0 Å². The number of carbonyl (C=O) groups excluding carboxylic acids is 2. The molecule has 164 valence electrons. The van der Waals surface area contributed by atoms with E-state index in [2.05, 4.69) is 16.0 Å². The van der Waals surface area contributed by atoms with Crippen molar-refractivity contribution >= 4 is 63.7 Å². The normalized spacial score (nSPS) is 11.2.